The molecule has 9 atom stereocenters. The fourth-order valence-corrected chi connectivity index (χ4v) is 11.1. The molecule has 7 heteroatoms. The molecule has 4 aliphatic carbocycles. The minimum absolute atomic E-state index is 0.00375. The van der Waals surface area contributed by atoms with Gasteiger partial charge < -0.3 is 9.47 Å². The minimum atomic E-state index is -5.02. The second kappa shape index (κ2) is 12.2. The highest BCUT2D eigenvalue weighted by Gasteiger charge is 2.66. The normalized spacial score (nSPS) is 35.7. The van der Waals surface area contributed by atoms with Crippen molar-refractivity contribution in [3.63, 3.8) is 0 Å². The van der Waals surface area contributed by atoms with Gasteiger partial charge in [-0.25, -0.2) is 4.79 Å². The Hall–Kier alpha value is -2.41. The predicted octanol–water partition coefficient (Wildman–Crippen LogP) is 10.2. The van der Waals surface area contributed by atoms with Gasteiger partial charge in [-0.1, -0.05) is 89.1 Å². The van der Waals surface area contributed by atoms with E-state index in [4.69, 9.17) is 9.47 Å². The Labute approximate surface area is 279 Å². The molecule has 5 rings (SSSR count). The topological polar surface area (TPSA) is 52.6 Å². The number of allylic oxidation sites excluding steroid dienone is 3. The largest absolute Gasteiger partial charge is 0.455 e. The standard InChI is InChI=1S/C40H55F3O4/c1-25(2)23-28(47-34(45)39(46-9,40(41,42)43)27-13-11-10-12-14-27)24-26(3)29-17-21-38(8)31-15-16-32-35(4,5)33(44)19-20-36(32,6)30(31)18-22-37(29,38)7/h10-15,23,26,28-30,32H,16-22,24H2,1-9H3/t26-,28-,29-,30-,32-,36+,37-,38+,39-/m0/s1. The molecule has 0 unspecified atom stereocenters. The molecule has 0 amide bonds. The SMILES string of the molecule is CO[C@](C(=O)O[C@@H](C=C(C)C)C[C@H](C)[C@@H]1CC[C@]2(C)C3=CC[C@H]4C(C)(C)C(=O)CC[C@]4(C)[C@H]3CC[C@@]12C)(c1ccccc1)C(F)(F)F. The number of hydrogen-bond donors (Lipinski definition) is 0. The Bertz CT molecular complexity index is 1420. The summed E-state index contributed by atoms with van der Waals surface area (Å²) in [5.74, 6) is 0.181. The van der Waals surface area contributed by atoms with Gasteiger partial charge in [0.2, 0.25) is 0 Å². The van der Waals surface area contributed by atoms with E-state index in [0.717, 1.165) is 51.2 Å². The van der Waals surface area contributed by atoms with Crippen LogP contribution in [0.3, 0.4) is 0 Å². The summed E-state index contributed by atoms with van der Waals surface area (Å²) in [6.07, 6.45) is 5.64. The first-order valence-corrected chi connectivity index (χ1v) is 17.6. The van der Waals surface area contributed by atoms with E-state index in [-0.39, 0.29) is 33.1 Å². The van der Waals surface area contributed by atoms with Gasteiger partial charge in [0.1, 0.15) is 11.9 Å². The van der Waals surface area contributed by atoms with Crippen molar-refractivity contribution in [2.45, 2.75) is 125 Å². The lowest BCUT2D eigenvalue weighted by Crippen LogP contribution is -2.57. The molecule has 260 valence electrons. The summed E-state index contributed by atoms with van der Waals surface area (Å²) in [7, 11) is 0.908. The summed E-state index contributed by atoms with van der Waals surface area (Å²) in [5, 5.41) is 0. The number of hydrogen-bond acceptors (Lipinski definition) is 4. The van der Waals surface area contributed by atoms with Gasteiger partial charge in [0.15, 0.2) is 0 Å². The number of halogens is 3. The van der Waals surface area contributed by atoms with Gasteiger partial charge in [0.25, 0.3) is 5.60 Å². The molecular formula is C40H55F3O4. The van der Waals surface area contributed by atoms with E-state index in [2.05, 4.69) is 47.6 Å². The first-order valence-electron chi connectivity index (χ1n) is 17.6. The van der Waals surface area contributed by atoms with E-state index in [1.807, 2.05) is 13.8 Å². The van der Waals surface area contributed by atoms with Crippen LogP contribution in [-0.4, -0.2) is 31.1 Å². The maximum absolute atomic E-state index is 14.7. The summed E-state index contributed by atoms with van der Waals surface area (Å²) in [6, 6.07) is 7.02. The third-order valence-electron chi connectivity index (χ3n) is 13.9. The zero-order chi connectivity index (χ0) is 34.8. The number of ketones is 1. The molecule has 3 saturated carbocycles. The summed E-state index contributed by atoms with van der Waals surface area (Å²) < 4.78 is 54.9. The van der Waals surface area contributed by atoms with Crippen LogP contribution < -0.4 is 0 Å². The van der Waals surface area contributed by atoms with Gasteiger partial charge in [-0.15, -0.1) is 0 Å². The van der Waals surface area contributed by atoms with Gasteiger partial charge in [-0.2, -0.15) is 13.2 Å². The Kier molecular flexibility index (Phi) is 9.30. The summed E-state index contributed by atoms with van der Waals surface area (Å²) in [5.41, 5.74) is -1.28. The zero-order valence-corrected chi connectivity index (χ0v) is 29.9. The van der Waals surface area contributed by atoms with Crippen LogP contribution in [0, 0.1) is 45.3 Å². The summed E-state index contributed by atoms with van der Waals surface area (Å²) in [6.45, 7) is 17.5. The molecule has 0 aromatic heterocycles. The highest BCUT2D eigenvalue weighted by Crippen LogP contribution is 2.73. The number of esters is 1. The molecule has 0 aliphatic heterocycles. The van der Waals surface area contributed by atoms with Crippen LogP contribution in [0.1, 0.15) is 112 Å². The highest BCUT2D eigenvalue weighted by atomic mass is 19.4. The molecule has 4 aliphatic rings. The molecule has 0 heterocycles. The minimum Gasteiger partial charge on any atom is -0.455 e. The second-order valence-corrected chi connectivity index (χ2v) is 16.7. The van der Waals surface area contributed by atoms with E-state index in [1.165, 1.54) is 24.3 Å². The number of Topliss-reactive ketones (excluding diaryl/α,β-unsaturated/α-hetero) is 1. The number of methoxy groups -OCH3 is 1. The molecule has 4 nitrogen and oxygen atoms in total. The van der Waals surface area contributed by atoms with Crippen LogP contribution in [0.4, 0.5) is 13.2 Å². The molecule has 3 fully saturated rings. The van der Waals surface area contributed by atoms with Crippen molar-refractivity contribution >= 4 is 11.8 Å². The predicted molar refractivity (Wildman–Crippen MR) is 178 cm³/mol. The molecular weight excluding hydrogens is 601 g/mol. The van der Waals surface area contributed by atoms with Crippen LogP contribution >= 0.6 is 0 Å². The van der Waals surface area contributed by atoms with Crippen LogP contribution in [-0.2, 0) is 24.7 Å². The fraction of sp³-hybridized carbons (Fsp3) is 0.700. The number of benzene rings is 1. The van der Waals surface area contributed by atoms with Crippen molar-refractivity contribution in [2.75, 3.05) is 7.11 Å². The van der Waals surface area contributed by atoms with Gasteiger partial charge in [0, 0.05) is 24.5 Å². The molecule has 0 saturated heterocycles. The van der Waals surface area contributed by atoms with E-state index in [9.17, 15) is 22.8 Å². The lowest BCUT2D eigenvalue weighted by Gasteiger charge is -2.63. The molecule has 1 aromatic carbocycles. The Morgan fingerprint density at radius 3 is 2.28 bits per heavy atom. The van der Waals surface area contributed by atoms with Crippen LogP contribution in [0.2, 0.25) is 0 Å². The maximum Gasteiger partial charge on any atom is 0.432 e. The Morgan fingerprint density at radius 2 is 1.68 bits per heavy atom. The van der Waals surface area contributed by atoms with E-state index in [0.29, 0.717) is 36.4 Å². The number of carbonyl (C=O) groups is 2. The average Bonchev–Trinajstić information content (AvgIpc) is 3.26. The first kappa shape index (κ1) is 35.9. The monoisotopic (exact) mass is 656 g/mol. The molecule has 0 spiro atoms. The van der Waals surface area contributed by atoms with Crippen LogP contribution in [0.5, 0.6) is 0 Å². The Morgan fingerprint density at radius 1 is 1.02 bits per heavy atom. The number of carbonyl (C=O) groups excluding carboxylic acids is 2. The van der Waals surface area contributed by atoms with Crippen molar-refractivity contribution in [1.29, 1.82) is 0 Å². The average molecular weight is 657 g/mol. The van der Waals surface area contributed by atoms with Gasteiger partial charge >= 0.3 is 12.1 Å². The van der Waals surface area contributed by atoms with Crippen molar-refractivity contribution in [1.82, 2.24) is 0 Å². The van der Waals surface area contributed by atoms with E-state index in [1.54, 1.807) is 17.7 Å². The number of ether oxygens (including phenoxy) is 2. The first-order chi connectivity index (χ1) is 21.8. The molecule has 0 bridgehead atoms. The van der Waals surface area contributed by atoms with Crippen molar-refractivity contribution < 1.29 is 32.2 Å². The number of fused-ring (bicyclic) bond motifs is 5. The third-order valence-corrected chi connectivity index (χ3v) is 13.9. The lowest BCUT2D eigenvalue weighted by atomic mass is 9.41. The maximum atomic E-state index is 14.7. The van der Waals surface area contributed by atoms with Gasteiger partial charge in [-0.3, -0.25) is 4.79 Å². The van der Waals surface area contributed by atoms with Crippen molar-refractivity contribution in [3.05, 3.63) is 59.2 Å². The van der Waals surface area contributed by atoms with Crippen LogP contribution in [0.25, 0.3) is 0 Å². The molecule has 1 aromatic rings. The van der Waals surface area contributed by atoms with E-state index >= 15 is 0 Å². The van der Waals surface area contributed by atoms with Crippen molar-refractivity contribution in [3.8, 4) is 0 Å². The van der Waals surface area contributed by atoms with E-state index < -0.39 is 23.9 Å². The second-order valence-electron chi connectivity index (χ2n) is 16.7. The number of rotatable bonds is 8. The third kappa shape index (κ3) is 5.45. The number of alkyl halides is 3. The lowest BCUT2D eigenvalue weighted by molar-refractivity contribution is -0.277. The Balaban J connectivity index is 1.41. The smallest absolute Gasteiger partial charge is 0.432 e. The quantitative estimate of drug-likeness (QED) is 0.206. The molecule has 0 radical (unpaired) electrons. The highest BCUT2D eigenvalue weighted by molar-refractivity contribution is 5.85. The van der Waals surface area contributed by atoms with Crippen LogP contribution in [0.15, 0.2) is 53.6 Å². The van der Waals surface area contributed by atoms with Gasteiger partial charge in [0.05, 0.1) is 0 Å². The molecule has 47 heavy (non-hydrogen) atoms. The van der Waals surface area contributed by atoms with Gasteiger partial charge in [-0.05, 0) is 105 Å². The summed E-state index contributed by atoms with van der Waals surface area (Å²) in [4.78, 5) is 26.6. The zero-order valence-electron chi connectivity index (χ0n) is 29.9. The molecule has 0 N–H and O–H groups in total. The fourth-order valence-electron chi connectivity index (χ4n) is 11.1. The van der Waals surface area contributed by atoms with Crippen molar-refractivity contribution in [2.24, 2.45) is 45.3 Å². The summed E-state index contributed by atoms with van der Waals surface area (Å²) >= 11 is 0.